The minimum atomic E-state index is -0.462. The molecule has 0 radical (unpaired) electrons. The number of halogens is 1. The second-order valence-corrected chi connectivity index (χ2v) is 5.28. The number of non-ortho nitro benzene ring substituents is 1. The topological polar surface area (TPSA) is 78.4 Å². The first-order chi connectivity index (χ1) is 9.45. The molecule has 2 aromatic carbocycles. The molecule has 0 heterocycles. The smallest absolute Gasteiger partial charge is 0.274 e. The number of nitrogens with two attached hydrogens (primary N) is 1. The van der Waals surface area contributed by atoms with Gasteiger partial charge in [-0.2, -0.15) is 0 Å². The number of nitrogens with zero attached hydrogens (tertiary/aromatic N) is 1. The molecule has 0 saturated carbocycles. The number of nitro benzene ring substituents is 1. The van der Waals surface area contributed by atoms with E-state index in [0.717, 1.165) is 5.56 Å². The largest absolute Gasteiger partial charge is 0.457 e. The summed E-state index contributed by atoms with van der Waals surface area (Å²) in [6.45, 7) is 1.88. The second kappa shape index (κ2) is 6.02. The lowest BCUT2D eigenvalue weighted by Gasteiger charge is -2.10. The van der Waals surface area contributed by atoms with Gasteiger partial charge in [-0.05, 0) is 30.7 Å². The Morgan fingerprint density at radius 3 is 2.65 bits per heavy atom. The van der Waals surface area contributed by atoms with Crippen molar-refractivity contribution in [3.8, 4) is 11.5 Å². The third-order valence-corrected chi connectivity index (χ3v) is 3.14. The van der Waals surface area contributed by atoms with E-state index in [1.54, 1.807) is 12.1 Å². The number of nitro groups is 1. The van der Waals surface area contributed by atoms with E-state index in [0.29, 0.717) is 16.0 Å². The van der Waals surface area contributed by atoms with Crippen LogP contribution in [0.25, 0.3) is 0 Å². The molecule has 2 N–H and O–H groups in total. The molecule has 20 heavy (non-hydrogen) atoms. The molecule has 1 atom stereocenters. The fourth-order valence-electron chi connectivity index (χ4n) is 1.71. The van der Waals surface area contributed by atoms with Crippen LogP contribution < -0.4 is 10.5 Å². The highest BCUT2D eigenvalue weighted by Gasteiger charge is 2.10. The molecule has 0 aliphatic rings. The molecule has 2 aromatic rings. The van der Waals surface area contributed by atoms with Crippen molar-refractivity contribution < 1.29 is 9.66 Å². The summed E-state index contributed by atoms with van der Waals surface area (Å²) in [7, 11) is 0. The summed E-state index contributed by atoms with van der Waals surface area (Å²) >= 11 is 3.23. The molecule has 104 valence electrons. The second-order valence-electron chi connectivity index (χ2n) is 4.37. The first-order valence-electron chi connectivity index (χ1n) is 5.94. The van der Waals surface area contributed by atoms with Crippen molar-refractivity contribution >= 4 is 21.6 Å². The average Bonchev–Trinajstić information content (AvgIpc) is 2.38. The van der Waals surface area contributed by atoms with Crippen molar-refractivity contribution in [3.05, 3.63) is 62.6 Å². The highest BCUT2D eigenvalue weighted by molar-refractivity contribution is 9.10. The van der Waals surface area contributed by atoms with Crippen molar-refractivity contribution in [2.24, 2.45) is 5.73 Å². The van der Waals surface area contributed by atoms with E-state index >= 15 is 0 Å². The lowest BCUT2D eigenvalue weighted by Crippen LogP contribution is -2.04. The molecule has 0 fully saturated rings. The van der Waals surface area contributed by atoms with Gasteiger partial charge in [0.1, 0.15) is 11.5 Å². The van der Waals surface area contributed by atoms with Crippen LogP contribution in [0.4, 0.5) is 5.69 Å². The van der Waals surface area contributed by atoms with E-state index in [2.05, 4.69) is 15.9 Å². The summed E-state index contributed by atoms with van der Waals surface area (Å²) in [5, 5.41) is 10.8. The van der Waals surface area contributed by atoms with Crippen LogP contribution in [0.3, 0.4) is 0 Å². The third kappa shape index (κ3) is 3.55. The highest BCUT2D eigenvalue weighted by Crippen LogP contribution is 2.30. The van der Waals surface area contributed by atoms with Crippen LogP contribution in [0, 0.1) is 10.1 Å². The van der Waals surface area contributed by atoms with Crippen molar-refractivity contribution in [1.29, 1.82) is 0 Å². The third-order valence-electron chi connectivity index (χ3n) is 2.69. The molecular weight excluding hydrogens is 324 g/mol. The molecule has 0 aliphatic heterocycles. The summed E-state index contributed by atoms with van der Waals surface area (Å²) < 4.78 is 6.24. The zero-order valence-electron chi connectivity index (χ0n) is 10.7. The Morgan fingerprint density at radius 2 is 2.00 bits per heavy atom. The van der Waals surface area contributed by atoms with Gasteiger partial charge in [-0.25, -0.2) is 0 Å². The van der Waals surface area contributed by atoms with Gasteiger partial charge in [0, 0.05) is 16.6 Å². The lowest BCUT2D eigenvalue weighted by atomic mass is 10.1. The highest BCUT2D eigenvalue weighted by atomic mass is 79.9. The molecular formula is C14H13BrN2O3. The Hall–Kier alpha value is -1.92. The van der Waals surface area contributed by atoms with Gasteiger partial charge in [0.25, 0.3) is 5.69 Å². The molecule has 0 spiro atoms. The van der Waals surface area contributed by atoms with Crippen LogP contribution in [-0.4, -0.2) is 4.92 Å². The lowest BCUT2D eigenvalue weighted by molar-refractivity contribution is -0.385. The Labute approximate surface area is 124 Å². The number of benzene rings is 2. The van der Waals surface area contributed by atoms with Crippen LogP contribution in [-0.2, 0) is 0 Å². The molecule has 0 saturated heterocycles. The Kier molecular flexibility index (Phi) is 4.36. The molecule has 0 aromatic heterocycles. The normalized spacial score (nSPS) is 11.9. The van der Waals surface area contributed by atoms with Gasteiger partial charge < -0.3 is 10.5 Å². The van der Waals surface area contributed by atoms with E-state index in [1.165, 1.54) is 12.1 Å². The molecule has 6 heteroatoms. The number of rotatable bonds is 4. The van der Waals surface area contributed by atoms with Crippen molar-refractivity contribution in [3.63, 3.8) is 0 Å². The molecule has 0 amide bonds. The zero-order valence-corrected chi connectivity index (χ0v) is 12.3. The molecule has 1 unspecified atom stereocenters. The summed E-state index contributed by atoms with van der Waals surface area (Å²) in [6, 6.07) is 11.7. The van der Waals surface area contributed by atoms with Crippen LogP contribution >= 0.6 is 15.9 Å². The van der Waals surface area contributed by atoms with Crippen molar-refractivity contribution in [2.75, 3.05) is 0 Å². The SMILES string of the molecule is CC(N)c1cccc(Oc2cc(Br)cc([N+](=O)[O-])c2)c1. The maximum atomic E-state index is 10.8. The molecule has 0 aliphatic carbocycles. The standard InChI is InChI=1S/C14H13BrN2O3/c1-9(16)10-3-2-4-13(5-10)20-14-7-11(15)6-12(8-14)17(18)19/h2-9H,16H2,1H3. The Balaban J connectivity index is 2.30. The van der Waals surface area contributed by atoms with Gasteiger partial charge >= 0.3 is 0 Å². The van der Waals surface area contributed by atoms with Crippen LogP contribution in [0.5, 0.6) is 11.5 Å². The van der Waals surface area contributed by atoms with Crippen molar-refractivity contribution in [2.45, 2.75) is 13.0 Å². The fourth-order valence-corrected chi connectivity index (χ4v) is 2.17. The molecule has 5 nitrogen and oxygen atoms in total. The predicted octanol–water partition coefficient (Wildman–Crippen LogP) is 4.17. The van der Waals surface area contributed by atoms with Gasteiger partial charge in [0.15, 0.2) is 0 Å². The first kappa shape index (κ1) is 14.5. The predicted molar refractivity (Wildman–Crippen MR) is 79.9 cm³/mol. The molecule has 2 rings (SSSR count). The van der Waals surface area contributed by atoms with Gasteiger partial charge in [-0.15, -0.1) is 0 Å². The van der Waals surface area contributed by atoms with Gasteiger partial charge in [-0.3, -0.25) is 10.1 Å². The van der Waals surface area contributed by atoms with Crippen LogP contribution in [0.1, 0.15) is 18.5 Å². The van der Waals surface area contributed by atoms with Gasteiger partial charge in [-0.1, -0.05) is 28.1 Å². The maximum absolute atomic E-state index is 10.8. The van der Waals surface area contributed by atoms with Gasteiger partial charge in [0.2, 0.25) is 0 Å². The van der Waals surface area contributed by atoms with E-state index in [-0.39, 0.29) is 11.7 Å². The summed E-state index contributed by atoms with van der Waals surface area (Å²) in [5.41, 5.74) is 6.72. The van der Waals surface area contributed by atoms with E-state index in [1.807, 2.05) is 25.1 Å². The minimum Gasteiger partial charge on any atom is -0.457 e. The summed E-state index contributed by atoms with van der Waals surface area (Å²) in [5.74, 6) is 0.986. The number of hydrogen-bond donors (Lipinski definition) is 1. The monoisotopic (exact) mass is 336 g/mol. The average molecular weight is 337 g/mol. The van der Waals surface area contributed by atoms with E-state index < -0.39 is 4.92 Å². The Bertz CT molecular complexity index is 644. The first-order valence-corrected chi connectivity index (χ1v) is 6.73. The number of hydrogen-bond acceptors (Lipinski definition) is 4. The van der Waals surface area contributed by atoms with Crippen LogP contribution in [0.15, 0.2) is 46.9 Å². The van der Waals surface area contributed by atoms with E-state index in [4.69, 9.17) is 10.5 Å². The van der Waals surface area contributed by atoms with E-state index in [9.17, 15) is 10.1 Å². The summed E-state index contributed by atoms with van der Waals surface area (Å²) in [6.07, 6.45) is 0. The minimum absolute atomic E-state index is 0.0299. The number of ether oxygens (including phenoxy) is 1. The summed E-state index contributed by atoms with van der Waals surface area (Å²) in [4.78, 5) is 10.4. The zero-order chi connectivity index (χ0) is 14.7. The maximum Gasteiger partial charge on any atom is 0.274 e. The quantitative estimate of drug-likeness (QED) is 0.671. The fraction of sp³-hybridized carbons (Fsp3) is 0.143. The molecule has 0 bridgehead atoms. The van der Waals surface area contributed by atoms with Crippen molar-refractivity contribution in [1.82, 2.24) is 0 Å². The van der Waals surface area contributed by atoms with Gasteiger partial charge in [0.05, 0.1) is 11.0 Å². The van der Waals surface area contributed by atoms with Crippen LogP contribution in [0.2, 0.25) is 0 Å². The Morgan fingerprint density at radius 1 is 1.25 bits per heavy atom.